The number of nitrogens with zero attached hydrogens (tertiary/aromatic N) is 2. The smallest absolute Gasteiger partial charge is 0.416 e. The van der Waals surface area contributed by atoms with E-state index in [1.165, 1.54) is 12.1 Å². The Morgan fingerprint density at radius 3 is 2.60 bits per heavy atom. The van der Waals surface area contributed by atoms with Crippen molar-refractivity contribution in [3.8, 4) is 5.75 Å². The summed E-state index contributed by atoms with van der Waals surface area (Å²) in [7, 11) is 0. The average Bonchev–Trinajstić information content (AvgIpc) is 2.79. The third-order valence-corrected chi connectivity index (χ3v) is 5.40. The molecular weight excluding hydrogens is 500 g/mol. The number of ether oxygens (including phenoxy) is 1. The van der Waals surface area contributed by atoms with Crippen molar-refractivity contribution in [2.45, 2.75) is 31.1 Å². The van der Waals surface area contributed by atoms with Crippen LogP contribution >= 0.6 is 11.6 Å². The van der Waals surface area contributed by atoms with E-state index in [0.29, 0.717) is 6.07 Å². The standard InChI is InChI=1S/C21H19ClF4N4O5/c22-14-3-2-13(8-15(14)23)35-10-18(31)28-12-1-4-16(30(9-12)20(33)34)19(32)29-17-7-11(5-6-27-17)21(24,25)26/h2-3,5-8,12,16H,1,4,9-10H2,(H,28,31)(H,33,34)(H,27,29,32)/t12-,16+/m0/s1. The third-order valence-electron chi connectivity index (χ3n) is 5.09. The van der Waals surface area contributed by atoms with Crippen LogP contribution in [0.3, 0.4) is 0 Å². The van der Waals surface area contributed by atoms with Gasteiger partial charge in [-0.1, -0.05) is 11.6 Å². The Morgan fingerprint density at radius 1 is 1.20 bits per heavy atom. The van der Waals surface area contributed by atoms with Gasteiger partial charge in [0.25, 0.3) is 5.91 Å². The number of anilines is 1. The molecule has 1 saturated heterocycles. The zero-order valence-electron chi connectivity index (χ0n) is 17.8. The van der Waals surface area contributed by atoms with E-state index in [-0.39, 0.29) is 36.0 Å². The van der Waals surface area contributed by atoms with E-state index in [4.69, 9.17) is 16.3 Å². The number of carbonyl (C=O) groups is 3. The molecule has 9 nitrogen and oxygen atoms in total. The molecule has 0 saturated carbocycles. The highest BCUT2D eigenvalue weighted by Crippen LogP contribution is 2.30. The van der Waals surface area contributed by atoms with Crippen LogP contribution < -0.4 is 15.4 Å². The van der Waals surface area contributed by atoms with Crippen molar-refractivity contribution in [3.63, 3.8) is 0 Å². The van der Waals surface area contributed by atoms with E-state index in [1.54, 1.807) is 0 Å². The van der Waals surface area contributed by atoms with Gasteiger partial charge in [-0.05, 0) is 37.1 Å². The molecule has 2 heterocycles. The number of rotatable bonds is 6. The first-order chi connectivity index (χ1) is 16.4. The molecular formula is C21H19ClF4N4O5. The molecule has 0 radical (unpaired) electrons. The van der Waals surface area contributed by atoms with Crippen LogP contribution in [0.2, 0.25) is 5.02 Å². The predicted molar refractivity (Wildman–Crippen MR) is 114 cm³/mol. The van der Waals surface area contributed by atoms with E-state index < -0.39 is 54.2 Å². The molecule has 1 aromatic heterocycles. The van der Waals surface area contributed by atoms with Gasteiger partial charge in [0.05, 0.1) is 10.6 Å². The number of pyridine rings is 1. The fraction of sp³-hybridized carbons (Fsp3) is 0.333. The van der Waals surface area contributed by atoms with E-state index in [1.807, 2.05) is 0 Å². The van der Waals surface area contributed by atoms with Crippen LogP contribution in [0.4, 0.5) is 28.2 Å². The lowest BCUT2D eigenvalue weighted by Crippen LogP contribution is -2.57. The highest BCUT2D eigenvalue weighted by atomic mass is 35.5. The maximum Gasteiger partial charge on any atom is 0.416 e. The lowest BCUT2D eigenvalue weighted by Gasteiger charge is -2.37. The van der Waals surface area contributed by atoms with Crippen LogP contribution in [0.1, 0.15) is 18.4 Å². The largest absolute Gasteiger partial charge is 0.484 e. The minimum Gasteiger partial charge on any atom is -0.484 e. The van der Waals surface area contributed by atoms with E-state index in [9.17, 15) is 37.1 Å². The molecule has 2 aromatic rings. The summed E-state index contributed by atoms with van der Waals surface area (Å²) in [5, 5.41) is 14.2. The monoisotopic (exact) mass is 518 g/mol. The molecule has 3 rings (SSSR count). The van der Waals surface area contributed by atoms with Gasteiger partial charge in [0, 0.05) is 24.8 Å². The molecule has 2 atom stereocenters. The summed E-state index contributed by atoms with van der Waals surface area (Å²) in [6.45, 7) is -0.722. The molecule has 0 aliphatic carbocycles. The second kappa shape index (κ2) is 10.8. The number of likely N-dealkylation sites (tertiary alicyclic amines) is 1. The lowest BCUT2D eigenvalue weighted by atomic mass is 9.98. The number of hydrogen-bond acceptors (Lipinski definition) is 5. The molecule has 35 heavy (non-hydrogen) atoms. The number of piperidine rings is 1. The Morgan fingerprint density at radius 2 is 1.94 bits per heavy atom. The minimum absolute atomic E-state index is 0.00864. The summed E-state index contributed by atoms with van der Waals surface area (Å²) in [6.07, 6.45) is -5.02. The Labute approximate surface area is 201 Å². The van der Waals surface area contributed by atoms with Gasteiger partial charge in [0.1, 0.15) is 23.4 Å². The summed E-state index contributed by atoms with van der Waals surface area (Å²) in [5.41, 5.74) is -1.02. The number of nitrogens with one attached hydrogen (secondary N) is 2. The fourth-order valence-electron chi connectivity index (χ4n) is 3.44. The van der Waals surface area contributed by atoms with Gasteiger partial charge in [0.15, 0.2) is 6.61 Å². The number of halogens is 5. The second-order valence-corrected chi connectivity index (χ2v) is 7.98. The normalized spacial score (nSPS) is 18.0. The van der Waals surface area contributed by atoms with Crippen LogP contribution in [0.15, 0.2) is 36.5 Å². The summed E-state index contributed by atoms with van der Waals surface area (Å²) in [5.74, 6) is -2.48. The summed E-state index contributed by atoms with van der Waals surface area (Å²) < 4.78 is 57.2. The predicted octanol–water partition coefficient (Wildman–Crippen LogP) is 3.54. The zero-order valence-corrected chi connectivity index (χ0v) is 18.6. The third kappa shape index (κ3) is 6.94. The van der Waals surface area contributed by atoms with Crippen LogP contribution in [-0.4, -0.2) is 58.1 Å². The summed E-state index contributed by atoms with van der Waals surface area (Å²) in [6, 6.07) is 3.15. The molecule has 1 fully saturated rings. The van der Waals surface area contributed by atoms with Crippen molar-refractivity contribution < 1.29 is 41.8 Å². The number of hydrogen-bond donors (Lipinski definition) is 3. The highest BCUT2D eigenvalue weighted by Gasteiger charge is 2.37. The molecule has 1 aliphatic rings. The Balaban J connectivity index is 1.57. The molecule has 1 aromatic carbocycles. The maximum absolute atomic E-state index is 13.4. The van der Waals surface area contributed by atoms with Crippen molar-refractivity contribution in [1.82, 2.24) is 15.2 Å². The van der Waals surface area contributed by atoms with Crippen LogP contribution in [0.25, 0.3) is 0 Å². The maximum atomic E-state index is 13.4. The fourth-order valence-corrected chi connectivity index (χ4v) is 3.56. The number of benzene rings is 1. The number of alkyl halides is 3. The highest BCUT2D eigenvalue weighted by molar-refractivity contribution is 6.30. The SMILES string of the molecule is O=C(COc1ccc(Cl)c(F)c1)N[C@H]1CC[C@H](C(=O)Nc2cc(C(F)(F)F)ccn2)N(C(=O)O)C1. The number of aromatic nitrogens is 1. The first-order valence-electron chi connectivity index (χ1n) is 10.1. The number of carbonyl (C=O) groups excluding carboxylic acids is 2. The first-order valence-corrected chi connectivity index (χ1v) is 10.5. The second-order valence-electron chi connectivity index (χ2n) is 7.57. The van der Waals surface area contributed by atoms with Crippen LogP contribution in [0.5, 0.6) is 5.75 Å². The van der Waals surface area contributed by atoms with Gasteiger partial charge >= 0.3 is 12.3 Å². The van der Waals surface area contributed by atoms with Crippen molar-refractivity contribution in [1.29, 1.82) is 0 Å². The summed E-state index contributed by atoms with van der Waals surface area (Å²) >= 11 is 5.58. The minimum atomic E-state index is -4.64. The van der Waals surface area contributed by atoms with Crippen molar-refractivity contribution in [2.75, 3.05) is 18.5 Å². The molecule has 0 unspecified atom stereocenters. The number of amides is 3. The molecule has 1 aliphatic heterocycles. The lowest BCUT2D eigenvalue weighted by molar-refractivity contribution is -0.137. The molecule has 188 valence electrons. The van der Waals surface area contributed by atoms with Gasteiger partial charge in [0.2, 0.25) is 5.91 Å². The Hall–Kier alpha value is -3.61. The quantitative estimate of drug-likeness (QED) is 0.503. The van der Waals surface area contributed by atoms with Gasteiger partial charge in [-0.25, -0.2) is 14.2 Å². The van der Waals surface area contributed by atoms with Gasteiger partial charge in [-0.3, -0.25) is 14.5 Å². The topological polar surface area (TPSA) is 121 Å². The first kappa shape index (κ1) is 26.0. The Kier molecular flexibility index (Phi) is 7.99. The van der Waals surface area contributed by atoms with Gasteiger partial charge in [-0.2, -0.15) is 13.2 Å². The van der Waals surface area contributed by atoms with E-state index in [0.717, 1.165) is 23.2 Å². The molecule has 0 bridgehead atoms. The van der Waals surface area contributed by atoms with Gasteiger partial charge in [-0.15, -0.1) is 0 Å². The van der Waals surface area contributed by atoms with Crippen molar-refractivity contribution in [3.05, 3.63) is 52.9 Å². The van der Waals surface area contributed by atoms with Gasteiger partial charge < -0.3 is 20.5 Å². The summed E-state index contributed by atoms with van der Waals surface area (Å²) in [4.78, 5) is 40.9. The number of carboxylic acid groups (broad SMARTS) is 1. The van der Waals surface area contributed by atoms with Crippen LogP contribution in [0, 0.1) is 5.82 Å². The molecule has 0 spiro atoms. The average molecular weight is 519 g/mol. The van der Waals surface area contributed by atoms with Crippen LogP contribution in [-0.2, 0) is 15.8 Å². The zero-order chi connectivity index (χ0) is 25.8. The molecule has 3 N–H and O–H groups in total. The van der Waals surface area contributed by atoms with Crippen molar-refractivity contribution >= 4 is 35.3 Å². The Bertz CT molecular complexity index is 1120. The molecule has 14 heteroatoms. The van der Waals surface area contributed by atoms with E-state index >= 15 is 0 Å². The molecule has 3 amide bonds. The van der Waals surface area contributed by atoms with Crippen molar-refractivity contribution in [2.24, 2.45) is 0 Å². The van der Waals surface area contributed by atoms with E-state index in [2.05, 4.69) is 15.6 Å².